The lowest BCUT2D eigenvalue weighted by Crippen LogP contribution is -2.33. The highest BCUT2D eigenvalue weighted by Crippen LogP contribution is 2.23. The number of nitrogens with two attached hydrogens (primary N) is 1. The Hall–Kier alpha value is -1.63. The summed E-state index contributed by atoms with van der Waals surface area (Å²) in [5.74, 6) is 0. The SMILES string of the molecule is NCCNS(=O)(=O)Nc1cccc2ccccc12. The summed E-state index contributed by atoms with van der Waals surface area (Å²) in [5, 5.41) is 1.84. The molecule has 0 aliphatic heterocycles. The first-order valence-corrected chi connectivity index (χ1v) is 7.06. The molecular formula is C12H15N3O2S. The molecule has 96 valence electrons. The zero-order chi connectivity index (χ0) is 13.0. The highest BCUT2D eigenvalue weighted by molar-refractivity contribution is 7.90. The summed E-state index contributed by atoms with van der Waals surface area (Å²) in [5.41, 5.74) is 5.82. The fourth-order valence-corrected chi connectivity index (χ4v) is 2.61. The predicted molar refractivity (Wildman–Crippen MR) is 73.5 cm³/mol. The molecule has 0 amide bonds. The van der Waals surface area contributed by atoms with Gasteiger partial charge in [0, 0.05) is 18.5 Å². The molecule has 0 bridgehead atoms. The van der Waals surface area contributed by atoms with Gasteiger partial charge < -0.3 is 5.73 Å². The number of hydrogen-bond acceptors (Lipinski definition) is 3. The lowest BCUT2D eigenvalue weighted by Gasteiger charge is -2.10. The van der Waals surface area contributed by atoms with E-state index in [1.165, 1.54) is 0 Å². The molecule has 2 aromatic carbocycles. The Labute approximate surface area is 106 Å². The molecule has 0 aliphatic carbocycles. The van der Waals surface area contributed by atoms with E-state index in [0.717, 1.165) is 10.8 Å². The molecule has 18 heavy (non-hydrogen) atoms. The van der Waals surface area contributed by atoms with Crippen LogP contribution in [0.5, 0.6) is 0 Å². The quantitative estimate of drug-likeness (QED) is 0.755. The van der Waals surface area contributed by atoms with Crippen LogP contribution in [0.1, 0.15) is 0 Å². The van der Waals surface area contributed by atoms with Crippen molar-refractivity contribution in [1.29, 1.82) is 0 Å². The monoisotopic (exact) mass is 265 g/mol. The van der Waals surface area contributed by atoms with Crippen LogP contribution in [0.2, 0.25) is 0 Å². The third-order valence-electron chi connectivity index (χ3n) is 2.47. The lowest BCUT2D eigenvalue weighted by molar-refractivity contribution is 0.588. The number of nitrogens with one attached hydrogen (secondary N) is 2. The normalized spacial score (nSPS) is 11.6. The Morgan fingerprint density at radius 2 is 1.78 bits per heavy atom. The third kappa shape index (κ3) is 2.98. The van der Waals surface area contributed by atoms with E-state index < -0.39 is 10.2 Å². The smallest absolute Gasteiger partial charge is 0.299 e. The van der Waals surface area contributed by atoms with Gasteiger partial charge in [-0.2, -0.15) is 13.1 Å². The Bertz CT molecular complexity index is 635. The van der Waals surface area contributed by atoms with Gasteiger partial charge in [-0.25, -0.2) is 0 Å². The predicted octanol–water partition coefficient (Wildman–Crippen LogP) is 1.04. The maximum Gasteiger partial charge on any atom is 0.299 e. The van der Waals surface area contributed by atoms with Crippen molar-refractivity contribution in [1.82, 2.24) is 4.72 Å². The minimum Gasteiger partial charge on any atom is -0.329 e. The average Bonchev–Trinajstić information content (AvgIpc) is 2.37. The summed E-state index contributed by atoms with van der Waals surface area (Å²) in [6, 6.07) is 13.0. The molecule has 4 N–H and O–H groups in total. The highest BCUT2D eigenvalue weighted by Gasteiger charge is 2.10. The number of anilines is 1. The Morgan fingerprint density at radius 1 is 1.06 bits per heavy atom. The Morgan fingerprint density at radius 3 is 2.56 bits per heavy atom. The third-order valence-corrected chi connectivity index (χ3v) is 3.54. The number of benzene rings is 2. The van der Waals surface area contributed by atoms with Gasteiger partial charge in [0.1, 0.15) is 0 Å². The minimum absolute atomic E-state index is 0.208. The van der Waals surface area contributed by atoms with Crippen LogP contribution < -0.4 is 15.2 Å². The van der Waals surface area contributed by atoms with Crippen LogP contribution in [0.25, 0.3) is 10.8 Å². The zero-order valence-corrected chi connectivity index (χ0v) is 10.6. The van der Waals surface area contributed by atoms with E-state index in [-0.39, 0.29) is 13.1 Å². The molecule has 0 radical (unpaired) electrons. The maximum atomic E-state index is 11.7. The molecule has 0 heterocycles. The Balaban J connectivity index is 2.32. The summed E-state index contributed by atoms with van der Waals surface area (Å²) >= 11 is 0. The van der Waals surface area contributed by atoms with Crippen molar-refractivity contribution in [3.8, 4) is 0 Å². The van der Waals surface area contributed by atoms with Gasteiger partial charge in [-0.15, -0.1) is 0 Å². The van der Waals surface area contributed by atoms with Gasteiger partial charge in [0.05, 0.1) is 5.69 Å². The van der Waals surface area contributed by atoms with Gasteiger partial charge in [0.25, 0.3) is 10.2 Å². The van der Waals surface area contributed by atoms with Crippen molar-refractivity contribution in [3.63, 3.8) is 0 Å². The zero-order valence-electron chi connectivity index (χ0n) is 9.76. The van der Waals surface area contributed by atoms with Crippen LogP contribution in [-0.4, -0.2) is 21.5 Å². The summed E-state index contributed by atoms with van der Waals surface area (Å²) in [4.78, 5) is 0. The van der Waals surface area contributed by atoms with E-state index in [1.807, 2.05) is 36.4 Å². The fraction of sp³-hybridized carbons (Fsp3) is 0.167. The second-order valence-electron chi connectivity index (χ2n) is 3.82. The van der Waals surface area contributed by atoms with Gasteiger partial charge in [-0.1, -0.05) is 36.4 Å². The van der Waals surface area contributed by atoms with Gasteiger partial charge in [0.15, 0.2) is 0 Å². The standard InChI is InChI=1S/C12H15N3O2S/c13-8-9-14-18(16,17)15-12-7-3-5-10-4-1-2-6-11(10)12/h1-7,14-15H,8-9,13H2. The first kappa shape index (κ1) is 12.8. The van der Waals surface area contributed by atoms with Crippen molar-refractivity contribution in [3.05, 3.63) is 42.5 Å². The van der Waals surface area contributed by atoms with E-state index in [1.54, 1.807) is 6.07 Å². The average molecular weight is 265 g/mol. The largest absolute Gasteiger partial charge is 0.329 e. The fourth-order valence-electron chi connectivity index (χ4n) is 1.69. The molecule has 2 aromatic rings. The molecule has 0 atom stereocenters. The lowest BCUT2D eigenvalue weighted by atomic mass is 10.1. The van der Waals surface area contributed by atoms with Crippen LogP contribution in [-0.2, 0) is 10.2 Å². The van der Waals surface area contributed by atoms with E-state index >= 15 is 0 Å². The highest BCUT2D eigenvalue weighted by atomic mass is 32.2. The molecule has 0 unspecified atom stereocenters. The number of hydrogen-bond donors (Lipinski definition) is 3. The first-order valence-electron chi connectivity index (χ1n) is 5.57. The van der Waals surface area contributed by atoms with Gasteiger partial charge in [-0.3, -0.25) is 4.72 Å². The Kier molecular flexibility index (Phi) is 3.81. The van der Waals surface area contributed by atoms with Crippen molar-refractivity contribution in [2.24, 2.45) is 5.73 Å². The second kappa shape index (κ2) is 5.34. The minimum atomic E-state index is -3.57. The van der Waals surface area contributed by atoms with E-state index in [4.69, 9.17) is 5.73 Å². The molecule has 0 fully saturated rings. The van der Waals surface area contributed by atoms with E-state index in [9.17, 15) is 8.42 Å². The van der Waals surface area contributed by atoms with Crippen LogP contribution in [0, 0.1) is 0 Å². The second-order valence-corrected chi connectivity index (χ2v) is 5.31. The van der Waals surface area contributed by atoms with Crippen LogP contribution >= 0.6 is 0 Å². The first-order chi connectivity index (χ1) is 8.62. The van der Waals surface area contributed by atoms with Gasteiger partial charge in [-0.05, 0) is 11.5 Å². The van der Waals surface area contributed by atoms with Gasteiger partial charge >= 0.3 is 0 Å². The summed E-state index contributed by atoms with van der Waals surface area (Å²) in [7, 11) is -3.57. The molecule has 0 spiro atoms. The van der Waals surface area contributed by atoms with Crippen LogP contribution in [0.4, 0.5) is 5.69 Å². The molecule has 6 heteroatoms. The molecular weight excluding hydrogens is 250 g/mol. The topological polar surface area (TPSA) is 84.2 Å². The van der Waals surface area contributed by atoms with E-state index in [2.05, 4.69) is 9.44 Å². The molecule has 0 saturated heterocycles. The molecule has 0 aromatic heterocycles. The van der Waals surface area contributed by atoms with Crippen molar-refractivity contribution >= 4 is 26.7 Å². The summed E-state index contributed by atoms with van der Waals surface area (Å²) < 4.78 is 28.3. The van der Waals surface area contributed by atoms with Crippen molar-refractivity contribution in [2.75, 3.05) is 17.8 Å². The van der Waals surface area contributed by atoms with Crippen molar-refractivity contribution < 1.29 is 8.42 Å². The summed E-state index contributed by atoms with van der Waals surface area (Å²) in [6.45, 7) is 0.469. The molecule has 0 aliphatic rings. The van der Waals surface area contributed by atoms with Gasteiger partial charge in [0.2, 0.25) is 0 Å². The number of rotatable bonds is 5. The summed E-state index contributed by atoms with van der Waals surface area (Å²) in [6.07, 6.45) is 0. The van der Waals surface area contributed by atoms with E-state index in [0.29, 0.717) is 5.69 Å². The van der Waals surface area contributed by atoms with Crippen LogP contribution in [0.3, 0.4) is 0 Å². The van der Waals surface area contributed by atoms with Crippen LogP contribution in [0.15, 0.2) is 42.5 Å². The van der Waals surface area contributed by atoms with Crippen molar-refractivity contribution in [2.45, 2.75) is 0 Å². The molecule has 5 nitrogen and oxygen atoms in total. The maximum absolute atomic E-state index is 11.7. The molecule has 2 rings (SSSR count). The molecule has 0 saturated carbocycles. The number of fused-ring (bicyclic) bond motifs is 1.